The molecule has 1 aliphatic heterocycles. The normalized spacial score (nSPS) is 20.7. The zero-order chi connectivity index (χ0) is 17.7. The molecule has 1 unspecified atom stereocenters. The molecule has 0 spiro atoms. The molecule has 1 atom stereocenters. The number of hydrogen-bond donors (Lipinski definition) is 0. The smallest absolute Gasteiger partial charge is 0.176 e. The van der Waals surface area contributed by atoms with Gasteiger partial charge < -0.3 is 4.90 Å². The Labute approximate surface area is 157 Å². The van der Waals surface area contributed by atoms with Gasteiger partial charge in [-0.2, -0.15) is 4.52 Å². The Morgan fingerprint density at radius 2 is 1.96 bits per heavy atom. The minimum absolute atomic E-state index is 0.520. The highest BCUT2D eigenvalue weighted by atomic mass is 35.5. The largest absolute Gasteiger partial charge is 0.353 e. The van der Waals surface area contributed by atoms with Gasteiger partial charge in [0.15, 0.2) is 11.5 Å². The summed E-state index contributed by atoms with van der Waals surface area (Å²) < 4.78 is 1.91. The van der Waals surface area contributed by atoms with Crippen molar-refractivity contribution in [1.82, 2.24) is 24.5 Å². The van der Waals surface area contributed by atoms with E-state index in [2.05, 4.69) is 37.0 Å². The van der Waals surface area contributed by atoms with E-state index in [1.165, 1.54) is 17.5 Å². The lowest BCUT2D eigenvalue weighted by molar-refractivity contribution is 0.185. The van der Waals surface area contributed by atoms with Gasteiger partial charge in [0.25, 0.3) is 0 Å². The minimum atomic E-state index is 0.520. The molecule has 26 heavy (non-hydrogen) atoms. The first kappa shape index (κ1) is 16.0. The molecular formula is C19H21ClN6. The maximum absolute atomic E-state index is 6.15. The third-order valence-electron chi connectivity index (χ3n) is 5.57. The number of aromatic nitrogens is 4. The summed E-state index contributed by atoms with van der Waals surface area (Å²) in [5, 5.41) is 5.37. The molecule has 0 bridgehead atoms. The maximum Gasteiger partial charge on any atom is 0.176 e. The number of rotatable bonds is 2. The van der Waals surface area contributed by atoms with Crippen LogP contribution < -0.4 is 4.90 Å². The number of aryl methyl sites for hydroxylation is 2. The van der Waals surface area contributed by atoms with Crippen LogP contribution in [0.1, 0.15) is 29.4 Å². The first-order valence-corrected chi connectivity index (χ1v) is 9.51. The second kappa shape index (κ2) is 6.21. The van der Waals surface area contributed by atoms with Crippen LogP contribution in [0.3, 0.4) is 0 Å². The predicted octanol–water partition coefficient (Wildman–Crippen LogP) is 2.90. The minimum Gasteiger partial charge on any atom is -0.353 e. The Balaban J connectivity index is 1.34. The number of hydrogen-bond acceptors (Lipinski definition) is 5. The van der Waals surface area contributed by atoms with Gasteiger partial charge >= 0.3 is 0 Å². The van der Waals surface area contributed by atoms with E-state index >= 15 is 0 Å². The van der Waals surface area contributed by atoms with Crippen molar-refractivity contribution in [1.29, 1.82) is 0 Å². The highest BCUT2D eigenvalue weighted by molar-refractivity contribution is 6.30. The molecule has 6 nitrogen and oxygen atoms in total. The lowest BCUT2D eigenvalue weighted by atomic mass is 10.1. The number of anilines is 1. The Bertz CT molecular complexity index is 960. The second-order valence-electron chi connectivity index (χ2n) is 7.12. The molecule has 1 aliphatic carbocycles. The van der Waals surface area contributed by atoms with Gasteiger partial charge in [-0.1, -0.05) is 17.7 Å². The summed E-state index contributed by atoms with van der Waals surface area (Å²) in [6, 6.07) is 6.89. The molecule has 0 radical (unpaired) electrons. The van der Waals surface area contributed by atoms with Crippen LogP contribution in [0.25, 0.3) is 5.65 Å². The Morgan fingerprint density at radius 3 is 2.81 bits per heavy atom. The van der Waals surface area contributed by atoms with Crippen LogP contribution in [-0.4, -0.2) is 50.7 Å². The fourth-order valence-corrected chi connectivity index (χ4v) is 4.52. The summed E-state index contributed by atoms with van der Waals surface area (Å²) in [6.45, 7) is 5.93. The zero-order valence-corrected chi connectivity index (χ0v) is 15.5. The molecule has 5 rings (SSSR count). The van der Waals surface area contributed by atoms with E-state index in [-0.39, 0.29) is 0 Å². The van der Waals surface area contributed by atoms with Gasteiger partial charge in [0.1, 0.15) is 5.82 Å². The molecule has 0 saturated carbocycles. The molecule has 134 valence electrons. The van der Waals surface area contributed by atoms with Crippen LogP contribution in [0.5, 0.6) is 0 Å². The van der Waals surface area contributed by atoms with Crippen molar-refractivity contribution < 1.29 is 0 Å². The third-order valence-corrected chi connectivity index (χ3v) is 5.80. The van der Waals surface area contributed by atoms with Crippen LogP contribution in [0.2, 0.25) is 5.02 Å². The van der Waals surface area contributed by atoms with E-state index < -0.39 is 0 Å². The van der Waals surface area contributed by atoms with Crippen molar-refractivity contribution >= 4 is 23.1 Å². The maximum atomic E-state index is 6.15. The van der Waals surface area contributed by atoms with Gasteiger partial charge in [-0.15, -0.1) is 5.10 Å². The second-order valence-corrected chi connectivity index (χ2v) is 7.55. The first-order valence-electron chi connectivity index (χ1n) is 9.14. The highest BCUT2D eigenvalue weighted by Gasteiger charge is 2.31. The van der Waals surface area contributed by atoms with Crippen LogP contribution >= 0.6 is 11.6 Å². The van der Waals surface area contributed by atoms with E-state index in [0.717, 1.165) is 54.9 Å². The van der Waals surface area contributed by atoms with Crippen molar-refractivity contribution in [2.45, 2.75) is 25.8 Å². The molecule has 1 fully saturated rings. The van der Waals surface area contributed by atoms with Crippen molar-refractivity contribution in [2.24, 2.45) is 0 Å². The number of piperazine rings is 1. The number of fused-ring (bicyclic) bond motifs is 2. The van der Waals surface area contributed by atoms with Gasteiger partial charge in [-0.25, -0.2) is 4.98 Å². The summed E-state index contributed by atoms with van der Waals surface area (Å²) in [7, 11) is 0. The summed E-state index contributed by atoms with van der Waals surface area (Å²) in [5.41, 5.74) is 3.68. The summed E-state index contributed by atoms with van der Waals surface area (Å²) in [4.78, 5) is 13.7. The van der Waals surface area contributed by atoms with Gasteiger partial charge in [-0.3, -0.25) is 9.88 Å². The Hall–Kier alpha value is -2.18. The standard InChI is InChI=1S/C19H21ClN6/c1-13-22-18-11-21-12-19(26(18)23-13)25-8-6-24(7-9-25)17-5-2-14-10-15(20)3-4-16(14)17/h3-4,10-12,17H,2,5-9H2,1H3. The predicted molar refractivity (Wildman–Crippen MR) is 102 cm³/mol. The Kier molecular flexibility index (Phi) is 3.83. The molecule has 3 aromatic rings. The van der Waals surface area contributed by atoms with Crippen LogP contribution in [0, 0.1) is 6.92 Å². The van der Waals surface area contributed by atoms with Gasteiger partial charge in [0.2, 0.25) is 0 Å². The lowest BCUT2D eigenvalue weighted by Gasteiger charge is -2.39. The molecule has 2 aromatic heterocycles. The van der Waals surface area contributed by atoms with E-state index in [1.807, 2.05) is 23.7 Å². The van der Waals surface area contributed by atoms with Gasteiger partial charge in [0.05, 0.1) is 12.4 Å². The van der Waals surface area contributed by atoms with Crippen molar-refractivity contribution in [3.63, 3.8) is 0 Å². The van der Waals surface area contributed by atoms with Gasteiger partial charge in [-0.05, 0) is 43.0 Å². The average Bonchev–Trinajstić information content (AvgIpc) is 3.23. The summed E-state index contributed by atoms with van der Waals surface area (Å²) in [5.74, 6) is 1.81. The molecule has 0 amide bonds. The molecule has 0 N–H and O–H groups in total. The lowest BCUT2D eigenvalue weighted by Crippen LogP contribution is -2.48. The van der Waals surface area contributed by atoms with Crippen LogP contribution in [0.15, 0.2) is 30.6 Å². The summed E-state index contributed by atoms with van der Waals surface area (Å²) >= 11 is 6.15. The van der Waals surface area contributed by atoms with Crippen LogP contribution in [-0.2, 0) is 6.42 Å². The topological polar surface area (TPSA) is 49.6 Å². The molecule has 7 heteroatoms. The molecule has 3 heterocycles. The van der Waals surface area contributed by atoms with E-state index in [9.17, 15) is 0 Å². The molecular weight excluding hydrogens is 348 g/mol. The van der Waals surface area contributed by atoms with E-state index in [4.69, 9.17) is 11.6 Å². The van der Waals surface area contributed by atoms with E-state index in [0.29, 0.717) is 6.04 Å². The third kappa shape index (κ3) is 2.64. The molecule has 1 saturated heterocycles. The van der Waals surface area contributed by atoms with E-state index in [1.54, 1.807) is 6.20 Å². The van der Waals surface area contributed by atoms with Crippen molar-refractivity contribution in [3.05, 3.63) is 52.6 Å². The number of benzene rings is 1. The highest BCUT2D eigenvalue weighted by Crippen LogP contribution is 2.37. The van der Waals surface area contributed by atoms with Gasteiger partial charge in [0, 0.05) is 37.2 Å². The van der Waals surface area contributed by atoms with Crippen molar-refractivity contribution in [3.8, 4) is 0 Å². The molecule has 2 aliphatic rings. The monoisotopic (exact) mass is 368 g/mol. The zero-order valence-electron chi connectivity index (χ0n) is 14.8. The summed E-state index contributed by atoms with van der Waals surface area (Å²) in [6.07, 6.45) is 5.97. The van der Waals surface area contributed by atoms with Crippen molar-refractivity contribution in [2.75, 3.05) is 31.1 Å². The fraction of sp³-hybridized carbons (Fsp3) is 0.421. The van der Waals surface area contributed by atoms with Crippen LogP contribution in [0.4, 0.5) is 5.82 Å². The Morgan fingerprint density at radius 1 is 1.12 bits per heavy atom. The molecule has 1 aromatic carbocycles. The SMILES string of the molecule is Cc1nc2cncc(N3CCN(C4CCc5cc(Cl)ccc54)CC3)n2n1. The fourth-order valence-electron chi connectivity index (χ4n) is 4.33. The number of nitrogens with zero attached hydrogens (tertiary/aromatic N) is 6. The first-order chi connectivity index (χ1) is 12.7. The average molecular weight is 369 g/mol. The quantitative estimate of drug-likeness (QED) is 0.696. The number of halogens is 1.